The lowest BCUT2D eigenvalue weighted by Gasteiger charge is -2.17. The number of ether oxygens (including phenoxy) is 2. The molecule has 116 valence electrons. The first-order valence-corrected chi connectivity index (χ1v) is 5.97. The molecule has 0 spiro atoms. The van der Waals surface area contributed by atoms with Crippen LogP contribution in [0.1, 0.15) is 12.0 Å². The Bertz CT molecular complexity index is 524. The summed E-state index contributed by atoms with van der Waals surface area (Å²) in [7, 11) is 1.11. The summed E-state index contributed by atoms with van der Waals surface area (Å²) in [6.45, 7) is 0. The van der Waals surface area contributed by atoms with Gasteiger partial charge in [-0.2, -0.15) is 0 Å². The van der Waals surface area contributed by atoms with Crippen molar-refractivity contribution in [1.29, 1.82) is 0 Å². The monoisotopic (exact) mass is 310 g/mol. The predicted molar refractivity (Wildman–Crippen MR) is 60.6 cm³/mol. The van der Waals surface area contributed by atoms with Gasteiger partial charge in [-0.1, -0.05) is 0 Å². The Labute approximate surface area is 116 Å². The van der Waals surface area contributed by atoms with Crippen LogP contribution in [0.4, 0.5) is 22.0 Å². The fourth-order valence-corrected chi connectivity index (χ4v) is 2.10. The average molecular weight is 310 g/mol. The largest absolute Gasteiger partial charge is 0.573 e. The van der Waals surface area contributed by atoms with Gasteiger partial charge in [0.1, 0.15) is 5.75 Å². The van der Waals surface area contributed by atoms with E-state index in [1.807, 2.05) is 0 Å². The first kappa shape index (κ1) is 15.5. The quantitative estimate of drug-likeness (QED) is 0.631. The van der Waals surface area contributed by atoms with Crippen molar-refractivity contribution in [3.8, 4) is 5.75 Å². The van der Waals surface area contributed by atoms with Crippen LogP contribution in [0.5, 0.6) is 5.75 Å². The van der Waals surface area contributed by atoms with Crippen molar-refractivity contribution in [2.75, 3.05) is 7.11 Å². The summed E-state index contributed by atoms with van der Waals surface area (Å²) in [6, 6.07) is 3.33. The lowest BCUT2D eigenvalue weighted by Crippen LogP contribution is -2.20. The van der Waals surface area contributed by atoms with Gasteiger partial charge in [-0.05, 0) is 30.7 Å². The third-order valence-corrected chi connectivity index (χ3v) is 3.23. The van der Waals surface area contributed by atoms with Crippen LogP contribution >= 0.6 is 0 Å². The maximum absolute atomic E-state index is 14.1. The summed E-state index contributed by atoms with van der Waals surface area (Å²) < 4.78 is 72.1. The fraction of sp³-hybridized carbons (Fsp3) is 0.462. The molecule has 1 aliphatic rings. The second-order valence-corrected chi connectivity index (χ2v) is 4.67. The Hall–Kier alpha value is -1.86. The minimum absolute atomic E-state index is 0.0134. The molecule has 8 heteroatoms. The third kappa shape index (κ3) is 3.43. The molecular formula is C13H11F5O3. The highest BCUT2D eigenvalue weighted by Gasteiger charge is 2.59. The number of hydrogen-bond donors (Lipinski definition) is 0. The second-order valence-electron chi connectivity index (χ2n) is 4.67. The van der Waals surface area contributed by atoms with E-state index in [0.717, 1.165) is 31.4 Å². The maximum atomic E-state index is 14.1. The van der Waals surface area contributed by atoms with Gasteiger partial charge in [0.2, 0.25) is 0 Å². The number of halogens is 5. The van der Waals surface area contributed by atoms with Gasteiger partial charge in [0.15, 0.2) is 0 Å². The smallest absolute Gasteiger partial charge is 0.469 e. The molecule has 0 unspecified atom stereocenters. The van der Waals surface area contributed by atoms with E-state index in [0.29, 0.717) is 0 Å². The standard InChI is InChI=1S/C13H11F5O3/c1-20-11(19)9-6-10(9)12(14,15)7-2-4-8(5-3-7)21-13(16,17)18/h2-5,9-10H,6H2,1H3/t9-,10+/m0/s1. The number of carbonyl (C=O) groups is 1. The van der Waals surface area contributed by atoms with E-state index in [-0.39, 0.29) is 6.42 Å². The summed E-state index contributed by atoms with van der Waals surface area (Å²) in [5, 5.41) is 0. The first-order chi connectivity index (χ1) is 9.65. The van der Waals surface area contributed by atoms with Crippen LogP contribution in [0, 0.1) is 11.8 Å². The van der Waals surface area contributed by atoms with Gasteiger partial charge in [-0.25, -0.2) is 8.78 Å². The summed E-state index contributed by atoms with van der Waals surface area (Å²) in [5.74, 6) is -6.68. The molecule has 0 N–H and O–H groups in total. The van der Waals surface area contributed by atoms with Crippen LogP contribution in [-0.4, -0.2) is 19.4 Å². The van der Waals surface area contributed by atoms with Crippen LogP contribution in [-0.2, 0) is 15.5 Å². The Balaban J connectivity index is 2.09. The number of carbonyl (C=O) groups excluding carboxylic acids is 1. The number of methoxy groups -OCH3 is 1. The van der Waals surface area contributed by atoms with Gasteiger partial charge in [-0.3, -0.25) is 4.79 Å². The molecular weight excluding hydrogens is 299 g/mol. The molecule has 2 atom stereocenters. The van der Waals surface area contributed by atoms with E-state index in [9.17, 15) is 26.7 Å². The molecule has 0 aromatic heterocycles. The zero-order valence-corrected chi connectivity index (χ0v) is 10.8. The number of benzene rings is 1. The van der Waals surface area contributed by atoms with E-state index in [1.165, 1.54) is 0 Å². The molecule has 21 heavy (non-hydrogen) atoms. The van der Waals surface area contributed by atoms with Crippen molar-refractivity contribution in [2.24, 2.45) is 11.8 Å². The highest BCUT2D eigenvalue weighted by molar-refractivity contribution is 5.75. The zero-order valence-electron chi connectivity index (χ0n) is 10.8. The van der Waals surface area contributed by atoms with Crippen molar-refractivity contribution in [2.45, 2.75) is 18.7 Å². The highest BCUT2D eigenvalue weighted by Crippen LogP contribution is 2.54. The predicted octanol–water partition coefficient (Wildman–Crippen LogP) is 3.49. The molecule has 0 saturated heterocycles. The molecule has 1 aromatic carbocycles. The summed E-state index contributed by atoms with van der Waals surface area (Å²) in [4.78, 5) is 11.2. The van der Waals surface area contributed by atoms with E-state index in [1.54, 1.807) is 0 Å². The molecule has 1 aromatic rings. The van der Waals surface area contributed by atoms with Gasteiger partial charge in [0.25, 0.3) is 5.92 Å². The minimum atomic E-state index is -4.88. The van der Waals surface area contributed by atoms with Gasteiger partial charge < -0.3 is 9.47 Å². The lowest BCUT2D eigenvalue weighted by molar-refractivity contribution is -0.274. The summed E-state index contributed by atoms with van der Waals surface area (Å²) in [6.07, 6.45) is -4.89. The number of rotatable bonds is 4. The molecule has 3 nitrogen and oxygen atoms in total. The number of esters is 1. The van der Waals surface area contributed by atoms with Crippen molar-refractivity contribution < 1.29 is 36.2 Å². The topological polar surface area (TPSA) is 35.5 Å². The lowest BCUT2D eigenvalue weighted by atomic mass is 10.0. The zero-order chi connectivity index (χ0) is 15.8. The van der Waals surface area contributed by atoms with Crippen LogP contribution in [0.15, 0.2) is 24.3 Å². The SMILES string of the molecule is COC(=O)[C@H]1C[C@H]1C(F)(F)c1ccc(OC(F)(F)F)cc1. The maximum Gasteiger partial charge on any atom is 0.573 e. The van der Waals surface area contributed by atoms with Crippen molar-refractivity contribution in [1.82, 2.24) is 0 Å². The normalized spacial score (nSPS) is 21.8. The molecule has 0 bridgehead atoms. The average Bonchev–Trinajstić information content (AvgIpc) is 3.17. The molecule has 2 rings (SSSR count). The molecule has 0 radical (unpaired) electrons. The Kier molecular flexibility index (Phi) is 3.81. The van der Waals surface area contributed by atoms with E-state index in [4.69, 9.17) is 0 Å². The van der Waals surface area contributed by atoms with Gasteiger partial charge in [0, 0.05) is 11.5 Å². The van der Waals surface area contributed by atoms with Gasteiger partial charge in [-0.15, -0.1) is 13.2 Å². The van der Waals surface area contributed by atoms with E-state index >= 15 is 0 Å². The van der Waals surface area contributed by atoms with Crippen molar-refractivity contribution in [3.05, 3.63) is 29.8 Å². The Morgan fingerprint density at radius 2 is 1.71 bits per heavy atom. The molecule has 1 saturated carbocycles. The molecule has 1 aliphatic carbocycles. The second kappa shape index (κ2) is 5.16. The summed E-state index contributed by atoms with van der Waals surface area (Å²) in [5.41, 5.74) is -0.464. The van der Waals surface area contributed by atoms with Crippen molar-refractivity contribution >= 4 is 5.97 Å². The van der Waals surface area contributed by atoms with Gasteiger partial charge >= 0.3 is 12.3 Å². The van der Waals surface area contributed by atoms with Crippen LogP contribution < -0.4 is 4.74 Å². The minimum Gasteiger partial charge on any atom is -0.469 e. The molecule has 0 heterocycles. The van der Waals surface area contributed by atoms with Crippen LogP contribution in [0.25, 0.3) is 0 Å². The van der Waals surface area contributed by atoms with E-state index < -0.39 is 41.4 Å². The van der Waals surface area contributed by atoms with Crippen LogP contribution in [0.3, 0.4) is 0 Å². The third-order valence-electron chi connectivity index (χ3n) is 3.23. The Morgan fingerprint density at radius 1 is 1.14 bits per heavy atom. The molecule has 0 aliphatic heterocycles. The van der Waals surface area contributed by atoms with E-state index in [2.05, 4.69) is 9.47 Å². The highest BCUT2D eigenvalue weighted by atomic mass is 19.4. The molecule has 0 amide bonds. The summed E-state index contributed by atoms with van der Waals surface area (Å²) >= 11 is 0. The van der Waals surface area contributed by atoms with Crippen LogP contribution in [0.2, 0.25) is 0 Å². The molecule has 1 fully saturated rings. The first-order valence-electron chi connectivity index (χ1n) is 5.97. The fourth-order valence-electron chi connectivity index (χ4n) is 2.10. The number of hydrogen-bond acceptors (Lipinski definition) is 3. The van der Waals surface area contributed by atoms with Gasteiger partial charge in [0.05, 0.1) is 13.0 Å². The Morgan fingerprint density at radius 3 is 2.19 bits per heavy atom. The number of alkyl halides is 5. The van der Waals surface area contributed by atoms with Crippen molar-refractivity contribution in [3.63, 3.8) is 0 Å².